The number of nitrogens with one attached hydrogen (secondary N) is 2. The summed E-state index contributed by atoms with van der Waals surface area (Å²) in [5.41, 5.74) is 1.77. The third-order valence-corrected chi connectivity index (χ3v) is 6.93. The molecule has 1 aliphatic rings. The molecule has 1 heterocycles. The third kappa shape index (κ3) is 5.03. The molecule has 7 nitrogen and oxygen atoms in total. The lowest BCUT2D eigenvalue weighted by Crippen LogP contribution is -2.45. The monoisotopic (exact) mass is 497 g/mol. The van der Waals surface area contributed by atoms with Crippen LogP contribution in [0, 0.1) is 12.8 Å². The molecule has 1 unspecified atom stereocenters. The van der Waals surface area contributed by atoms with Gasteiger partial charge in [-0.05, 0) is 55.2 Å². The van der Waals surface area contributed by atoms with Crippen LogP contribution < -0.4 is 10.6 Å². The van der Waals surface area contributed by atoms with E-state index in [2.05, 4.69) is 10.6 Å². The number of anilines is 1. The number of Topliss-reactive ketones (excluding diaryl/α,β-unsaturated/α-hetero) is 1. The molecule has 0 saturated carbocycles. The molecule has 1 fully saturated rings. The lowest BCUT2D eigenvalue weighted by atomic mass is 9.82. The van der Waals surface area contributed by atoms with Gasteiger partial charge in [-0.25, -0.2) is 4.79 Å². The second-order valence-corrected chi connectivity index (χ2v) is 9.31. The number of ketones is 1. The lowest BCUT2D eigenvalue weighted by Gasteiger charge is -2.28. The zero-order valence-corrected chi connectivity index (χ0v) is 21.3. The van der Waals surface area contributed by atoms with Gasteiger partial charge in [0.1, 0.15) is 0 Å². The molecular weight excluding hydrogens is 466 g/mol. The number of nitrogens with zero attached hydrogens (tertiary/aromatic N) is 1. The Morgan fingerprint density at radius 3 is 2.05 bits per heavy atom. The minimum absolute atomic E-state index is 0.0585. The summed E-state index contributed by atoms with van der Waals surface area (Å²) in [5, 5.41) is 5.74. The Morgan fingerprint density at radius 2 is 1.46 bits per heavy atom. The standard InChI is InChI=1S/C30H31N3O4/c1-4-21(5-2)27(35)31-25-17-13-22(14-18-25)26(34)19-33-28(36)30(32-29(33)37,23-9-7-6-8-10-23)24-15-11-20(3)12-16-24/h6-18,21H,4-5,19H2,1-3H3,(H,31,35)(H,32,37). The summed E-state index contributed by atoms with van der Waals surface area (Å²) in [6, 6.07) is 22.3. The van der Waals surface area contributed by atoms with Crippen molar-refractivity contribution >= 4 is 29.3 Å². The SMILES string of the molecule is CCC(CC)C(=O)Nc1ccc(C(=O)CN2C(=O)NC(c3ccccc3)(c3ccc(C)cc3)C2=O)cc1. The van der Waals surface area contributed by atoms with Crippen molar-refractivity contribution in [1.29, 1.82) is 0 Å². The van der Waals surface area contributed by atoms with E-state index >= 15 is 0 Å². The minimum atomic E-state index is -1.42. The van der Waals surface area contributed by atoms with E-state index in [1.54, 1.807) is 36.4 Å². The van der Waals surface area contributed by atoms with E-state index in [-0.39, 0.29) is 17.6 Å². The molecule has 3 aromatic carbocycles. The molecule has 0 aliphatic carbocycles. The average molecular weight is 498 g/mol. The van der Waals surface area contributed by atoms with E-state index in [9.17, 15) is 19.2 Å². The summed E-state index contributed by atoms with van der Waals surface area (Å²) < 4.78 is 0. The van der Waals surface area contributed by atoms with Gasteiger partial charge in [-0.3, -0.25) is 19.3 Å². The van der Waals surface area contributed by atoms with Crippen molar-refractivity contribution < 1.29 is 19.2 Å². The largest absolute Gasteiger partial charge is 0.326 e. The summed E-state index contributed by atoms with van der Waals surface area (Å²) in [4.78, 5) is 53.3. The molecule has 0 radical (unpaired) electrons. The molecule has 1 atom stereocenters. The zero-order chi connectivity index (χ0) is 26.6. The van der Waals surface area contributed by atoms with Crippen LogP contribution in [0.4, 0.5) is 10.5 Å². The molecule has 37 heavy (non-hydrogen) atoms. The van der Waals surface area contributed by atoms with Gasteiger partial charge < -0.3 is 10.6 Å². The van der Waals surface area contributed by atoms with Crippen LogP contribution in [-0.4, -0.2) is 35.1 Å². The maximum absolute atomic E-state index is 13.8. The number of benzene rings is 3. The first-order valence-electron chi connectivity index (χ1n) is 12.5. The molecule has 1 aliphatic heterocycles. The van der Waals surface area contributed by atoms with Gasteiger partial charge in [0.15, 0.2) is 11.3 Å². The number of carbonyl (C=O) groups is 4. The first-order chi connectivity index (χ1) is 17.8. The Balaban J connectivity index is 1.56. The van der Waals surface area contributed by atoms with Crippen molar-refractivity contribution in [2.45, 2.75) is 39.2 Å². The van der Waals surface area contributed by atoms with Crippen LogP contribution in [0.25, 0.3) is 0 Å². The molecule has 0 spiro atoms. The number of imide groups is 1. The molecule has 0 aromatic heterocycles. The molecule has 7 heteroatoms. The summed E-state index contributed by atoms with van der Waals surface area (Å²) >= 11 is 0. The second-order valence-electron chi connectivity index (χ2n) is 9.31. The quantitative estimate of drug-likeness (QED) is 0.320. The van der Waals surface area contributed by atoms with Crippen molar-refractivity contribution in [2.75, 3.05) is 11.9 Å². The van der Waals surface area contributed by atoms with Crippen LogP contribution in [0.5, 0.6) is 0 Å². The Labute approximate surface area is 216 Å². The van der Waals surface area contributed by atoms with Crippen molar-refractivity contribution in [3.05, 3.63) is 101 Å². The van der Waals surface area contributed by atoms with Crippen LogP contribution in [0.15, 0.2) is 78.9 Å². The normalized spacial score (nSPS) is 17.1. The first kappa shape index (κ1) is 25.8. The third-order valence-electron chi connectivity index (χ3n) is 6.93. The first-order valence-corrected chi connectivity index (χ1v) is 12.5. The number of aryl methyl sites for hydroxylation is 1. The maximum atomic E-state index is 13.8. The van der Waals surface area contributed by atoms with E-state index in [1.807, 2.05) is 63.2 Å². The zero-order valence-electron chi connectivity index (χ0n) is 21.3. The van der Waals surface area contributed by atoms with E-state index in [0.29, 0.717) is 22.4 Å². The van der Waals surface area contributed by atoms with E-state index in [1.165, 1.54) is 0 Å². The van der Waals surface area contributed by atoms with Crippen molar-refractivity contribution in [2.24, 2.45) is 5.92 Å². The highest BCUT2D eigenvalue weighted by Gasteiger charge is 2.54. The molecule has 190 valence electrons. The van der Waals surface area contributed by atoms with E-state index in [0.717, 1.165) is 23.3 Å². The average Bonchev–Trinajstić information content (AvgIpc) is 3.16. The van der Waals surface area contributed by atoms with Crippen LogP contribution in [0.2, 0.25) is 0 Å². The molecule has 3 aromatic rings. The molecule has 0 bridgehead atoms. The van der Waals surface area contributed by atoms with Crippen molar-refractivity contribution in [1.82, 2.24) is 10.2 Å². The number of rotatable bonds is 9. The highest BCUT2D eigenvalue weighted by molar-refractivity contribution is 6.13. The maximum Gasteiger partial charge on any atom is 0.325 e. The van der Waals surface area contributed by atoms with Crippen molar-refractivity contribution in [3.63, 3.8) is 0 Å². The number of hydrogen-bond donors (Lipinski definition) is 2. The Bertz CT molecular complexity index is 1300. The van der Waals surface area contributed by atoms with Gasteiger partial charge >= 0.3 is 6.03 Å². The fraction of sp³-hybridized carbons (Fsp3) is 0.267. The Kier molecular flexibility index (Phi) is 7.53. The number of hydrogen-bond acceptors (Lipinski definition) is 4. The van der Waals surface area contributed by atoms with Crippen LogP contribution in [0.1, 0.15) is 53.7 Å². The van der Waals surface area contributed by atoms with Gasteiger partial charge in [0.2, 0.25) is 5.91 Å². The molecular formula is C30H31N3O4. The Morgan fingerprint density at radius 1 is 0.865 bits per heavy atom. The Hall–Kier alpha value is -4.26. The number of amides is 4. The van der Waals surface area contributed by atoms with Gasteiger partial charge in [0.25, 0.3) is 5.91 Å². The van der Waals surface area contributed by atoms with Gasteiger partial charge in [0, 0.05) is 17.2 Å². The van der Waals surface area contributed by atoms with E-state index in [4.69, 9.17) is 0 Å². The minimum Gasteiger partial charge on any atom is -0.326 e. The summed E-state index contributed by atoms with van der Waals surface area (Å²) in [7, 11) is 0. The smallest absolute Gasteiger partial charge is 0.325 e. The predicted octanol–water partition coefficient (Wildman–Crippen LogP) is 5.05. The highest BCUT2D eigenvalue weighted by Crippen LogP contribution is 2.36. The summed E-state index contributed by atoms with van der Waals surface area (Å²) in [6.07, 6.45) is 1.50. The molecule has 4 rings (SSSR count). The van der Waals surface area contributed by atoms with Crippen LogP contribution in [0.3, 0.4) is 0 Å². The predicted molar refractivity (Wildman–Crippen MR) is 142 cm³/mol. The van der Waals surface area contributed by atoms with Gasteiger partial charge in [-0.1, -0.05) is 74.0 Å². The van der Waals surface area contributed by atoms with Gasteiger partial charge in [-0.2, -0.15) is 0 Å². The fourth-order valence-electron chi connectivity index (χ4n) is 4.65. The molecule has 1 saturated heterocycles. The summed E-state index contributed by atoms with van der Waals surface area (Å²) in [5.74, 6) is -1.01. The van der Waals surface area contributed by atoms with Gasteiger partial charge in [-0.15, -0.1) is 0 Å². The van der Waals surface area contributed by atoms with E-state index < -0.39 is 24.0 Å². The highest BCUT2D eigenvalue weighted by atomic mass is 16.2. The van der Waals surface area contributed by atoms with Gasteiger partial charge in [0.05, 0.1) is 6.54 Å². The number of carbonyl (C=O) groups excluding carboxylic acids is 4. The molecule has 2 N–H and O–H groups in total. The number of urea groups is 1. The van der Waals surface area contributed by atoms with Crippen LogP contribution in [-0.2, 0) is 15.1 Å². The summed E-state index contributed by atoms with van der Waals surface area (Å²) in [6.45, 7) is 5.49. The van der Waals surface area contributed by atoms with Crippen LogP contribution >= 0.6 is 0 Å². The van der Waals surface area contributed by atoms with Crippen molar-refractivity contribution in [3.8, 4) is 0 Å². The topological polar surface area (TPSA) is 95.6 Å². The lowest BCUT2D eigenvalue weighted by molar-refractivity contribution is -0.130. The fourth-order valence-corrected chi connectivity index (χ4v) is 4.65. The second kappa shape index (κ2) is 10.8. The molecule has 4 amide bonds.